The van der Waals surface area contributed by atoms with Crippen LogP contribution in [0, 0.1) is 0 Å². The van der Waals surface area contributed by atoms with E-state index in [-0.39, 0.29) is 0 Å². The number of thiophene rings is 1. The molecule has 0 spiro atoms. The van der Waals surface area contributed by atoms with Crippen molar-refractivity contribution in [1.29, 1.82) is 0 Å². The molecule has 0 saturated carbocycles. The van der Waals surface area contributed by atoms with E-state index in [4.69, 9.17) is 9.97 Å². The van der Waals surface area contributed by atoms with Crippen LogP contribution in [-0.4, -0.2) is 19.1 Å². The fraction of sp³-hybridized carbons (Fsp3) is 0. The highest BCUT2D eigenvalue weighted by Gasteiger charge is 2.24. The predicted octanol–water partition coefficient (Wildman–Crippen LogP) is 14.2. The quantitative estimate of drug-likeness (QED) is 0.181. The van der Waals surface area contributed by atoms with Crippen LogP contribution in [0.25, 0.3) is 119 Å². The van der Waals surface area contributed by atoms with Crippen LogP contribution in [-0.2, 0) is 0 Å². The first-order chi connectivity index (χ1) is 28.3. The minimum absolute atomic E-state index is 0.670. The van der Waals surface area contributed by atoms with Crippen molar-refractivity contribution in [3.05, 3.63) is 182 Å². The largest absolute Gasteiger partial charge is 0.307 e. The van der Waals surface area contributed by atoms with Gasteiger partial charge in [-0.25, -0.2) is 9.97 Å². The molecule has 0 unspecified atom stereocenters. The van der Waals surface area contributed by atoms with Gasteiger partial charge in [0.2, 0.25) is 5.95 Å². The minimum Gasteiger partial charge on any atom is -0.307 e. The maximum absolute atomic E-state index is 5.36. The molecule has 264 valence electrons. The van der Waals surface area contributed by atoms with Crippen LogP contribution in [0.5, 0.6) is 0 Å². The van der Waals surface area contributed by atoms with E-state index in [0.717, 1.165) is 33.2 Å². The van der Waals surface area contributed by atoms with Gasteiger partial charge in [-0.2, -0.15) is 0 Å². The average Bonchev–Trinajstić information content (AvgIpc) is 3.93. The summed E-state index contributed by atoms with van der Waals surface area (Å²) in [6.07, 6.45) is 0. The van der Waals surface area contributed by atoms with Gasteiger partial charge >= 0.3 is 0 Å². The van der Waals surface area contributed by atoms with E-state index in [2.05, 4.69) is 191 Å². The first kappa shape index (κ1) is 30.9. The first-order valence-corrected chi connectivity index (χ1v) is 20.2. The van der Waals surface area contributed by atoms with Gasteiger partial charge in [0.25, 0.3) is 0 Å². The van der Waals surface area contributed by atoms with Gasteiger partial charge in [-0.15, -0.1) is 11.3 Å². The van der Waals surface area contributed by atoms with Crippen molar-refractivity contribution in [2.45, 2.75) is 0 Å². The Balaban J connectivity index is 1.19. The number of hydrogen-bond donors (Lipinski definition) is 0. The molecule has 0 fully saturated rings. The second-order valence-electron chi connectivity index (χ2n) is 14.9. The van der Waals surface area contributed by atoms with Crippen LogP contribution in [0.2, 0.25) is 0 Å². The van der Waals surface area contributed by atoms with E-state index >= 15 is 0 Å². The Bertz CT molecular complexity index is 3810. The lowest BCUT2D eigenvalue weighted by Crippen LogP contribution is -2.03. The van der Waals surface area contributed by atoms with Crippen molar-refractivity contribution in [2.75, 3.05) is 0 Å². The summed E-state index contributed by atoms with van der Waals surface area (Å²) < 4.78 is 7.33. The third kappa shape index (κ3) is 4.26. The first-order valence-electron chi connectivity index (χ1n) is 19.3. The number of benzene rings is 9. The van der Waals surface area contributed by atoms with Crippen LogP contribution >= 0.6 is 11.3 Å². The standard InChI is InChI=1S/C52H30N4S/c1-2-16-32(17-3-1)49-37-23-8-11-25-41(37)53-52(54-49)56-43-26-12-9-20-34(43)39-29-40-46(30-45(39)56)57-51-48(40)36-22-7-6-21-35(36)47-38-24-10-13-27-44(38)55(50(47)51)42-28-14-18-31-15-4-5-19-33(31)42/h1-30H. The smallest absolute Gasteiger partial charge is 0.235 e. The van der Waals surface area contributed by atoms with Gasteiger partial charge in [-0.05, 0) is 52.6 Å². The summed E-state index contributed by atoms with van der Waals surface area (Å²) in [4.78, 5) is 10.6. The second-order valence-corrected chi connectivity index (χ2v) is 16.0. The third-order valence-corrected chi connectivity index (χ3v) is 13.0. The van der Waals surface area contributed by atoms with Crippen molar-refractivity contribution >= 4 is 108 Å². The molecule has 0 aliphatic carbocycles. The van der Waals surface area contributed by atoms with E-state index < -0.39 is 0 Å². The molecule has 0 amide bonds. The predicted molar refractivity (Wildman–Crippen MR) is 242 cm³/mol. The lowest BCUT2D eigenvalue weighted by Gasteiger charge is -2.13. The van der Waals surface area contributed by atoms with Crippen molar-refractivity contribution in [1.82, 2.24) is 19.1 Å². The zero-order chi connectivity index (χ0) is 37.2. The lowest BCUT2D eigenvalue weighted by molar-refractivity contribution is 1.01. The fourth-order valence-electron chi connectivity index (χ4n) is 9.49. The minimum atomic E-state index is 0.670. The van der Waals surface area contributed by atoms with E-state index in [1.807, 2.05) is 11.3 Å². The Morgan fingerprint density at radius 1 is 0.404 bits per heavy atom. The van der Waals surface area contributed by atoms with Gasteiger partial charge in [0.15, 0.2) is 0 Å². The molecule has 5 heteroatoms. The van der Waals surface area contributed by atoms with Crippen LogP contribution in [0.1, 0.15) is 0 Å². The molecule has 0 bridgehead atoms. The highest BCUT2D eigenvalue weighted by atomic mass is 32.1. The Hall–Kier alpha value is -7.34. The number of aromatic nitrogens is 4. The van der Waals surface area contributed by atoms with Gasteiger partial charge in [-0.3, -0.25) is 4.57 Å². The number of nitrogens with zero attached hydrogens (tertiary/aromatic N) is 4. The Morgan fingerprint density at radius 3 is 1.86 bits per heavy atom. The zero-order valence-electron chi connectivity index (χ0n) is 30.5. The number of para-hydroxylation sites is 3. The maximum atomic E-state index is 5.36. The molecule has 4 nitrogen and oxygen atoms in total. The topological polar surface area (TPSA) is 35.6 Å². The van der Waals surface area contributed by atoms with E-state index in [1.165, 1.54) is 80.0 Å². The number of hydrogen-bond acceptors (Lipinski definition) is 3. The maximum Gasteiger partial charge on any atom is 0.235 e. The SMILES string of the molecule is c1ccc(-c2nc(-n3c4ccccc4c4cc5c(cc43)sc3c5c4ccccc4c4c5ccccc5n(-c5cccc6ccccc56)c34)nc3ccccc23)cc1. The van der Waals surface area contributed by atoms with Gasteiger partial charge in [0.1, 0.15) is 0 Å². The fourth-order valence-corrected chi connectivity index (χ4v) is 10.8. The van der Waals surface area contributed by atoms with Crippen molar-refractivity contribution in [3.63, 3.8) is 0 Å². The molecule has 4 aromatic heterocycles. The highest BCUT2D eigenvalue weighted by Crippen LogP contribution is 2.50. The third-order valence-electron chi connectivity index (χ3n) is 11.9. The van der Waals surface area contributed by atoms with Gasteiger partial charge < -0.3 is 4.57 Å². The van der Waals surface area contributed by atoms with E-state index in [9.17, 15) is 0 Å². The van der Waals surface area contributed by atoms with Crippen molar-refractivity contribution < 1.29 is 0 Å². The molecule has 9 aromatic carbocycles. The second kappa shape index (κ2) is 11.6. The summed E-state index contributed by atoms with van der Waals surface area (Å²) in [5.74, 6) is 0.670. The molecule has 13 aromatic rings. The molecule has 0 aliphatic heterocycles. The Kier molecular flexibility index (Phi) is 6.29. The molecule has 0 aliphatic rings. The number of fused-ring (bicyclic) bond motifs is 15. The molecule has 0 saturated heterocycles. The summed E-state index contributed by atoms with van der Waals surface area (Å²) >= 11 is 1.89. The number of rotatable bonds is 3. The molecule has 0 N–H and O–H groups in total. The Morgan fingerprint density at radius 2 is 1.04 bits per heavy atom. The van der Waals surface area contributed by atoms with Crippen LogP contribution < -0.4 is 0 Å². The summed E-state index contributed by atoms with van der Waals surface area (Å²) in [6, 6.07) is 65.7. The molecule has 4 heterocycles. The molecular formula is C52H30N4S. The molecule has 13 rings (SSSR count). The summed E-state index contributed by atoms with van der Waals surface area (Å²) in [7, 11) is 0. The molecular weight excluding hydrogens is 713 g/mol. The van der Waals surface area contributed by atoms with E-state index in [0.29, 0.717) is 5.95 Å². The van der Waals surface area contributed by atoms with Gasteiger partial charge in [0, 0.05) is 53.4 Å². The average molecular weight is 743 g/mol. The molecule has 0 atom stereocenters. The van der Waals surface area contributed by atoms with Crippen molar-refractivity contribution in [2.24, 2.45) is 0 Å². The molecule has 0 radical (unpaired) electrons. The zero-order valence-corrected chi connectivity index (χ0v) is 31.3. The monoisotopic (exact) mass is 742 g/mol. The van der Waals surface area contributed by atoms with Crippen LogP contribution in [0.3, 0.4) is 0 Å². The van der Waals surface area contributed by atoms with E-state index in [1.54, 1.807) is 0 Å². The van der Waals surface area contributed by atoms with Crippen LogP contribution in [0.4, 0.5) is 0 Å². The van der Waals surface area contributed by atoms with Crippen LogP contribution in [0.15, 0.2) is 182 Å². The normalized spacial score (nSPS) is 12.2. The highest BCUT2D eigenvalue weighted by molar-refractivity contribution is 7.27. The lowest BCUT2D eigenvalue weighted by atomic mass is 9.98. The Labute approximate surface area is 330 Å². The molecule has 57 heavy (non-hydrogen) atoms. The van der Waals surface area contributed by atoms with Gasteiger partial charge in [0.05, 0.1) is 43.7 Å². The van der Waals surface area contributed by atoms with Crippen molar-refractivity contribution in [3.8, 4) is 22.9 Å². The summed E-state index contributed by atoms with van der Waals surface area (Å²) in [6.45, 7) is 0. The summed E-state index contributed by atoms with van der Waals surface area (Å²) in [5, 5.41) is 13.6. The van der Waals surface area contributed by atoms with Gasteiger partial charge in [-0.1, -0.05) is 146 Å². The summed E-state index contributed by atoms with van der Waals surface area (Å²) in [5.41, 5.74) is 8.77.